The molecule has 0 aliphatic carbocycles. The molecule has 0 saturated carbocycles. The third-order valence-electron chi connectivity index (χ3n) is 1.30. The van der Waals surface area contributed by atoms with Crippen LogP contribution in [-0.4, -0.2) is 0 Å². The number of benzene rings is 1. The van der Waals surface area contributed by atoms with Gasteiger partial charge in [-0.05, 0) is 6.92 Å². The van der Waals surface area contributed by atoms with Gasteiger partial charge in [0.05, 0.1) is 0 Å². The van der Waals surface area contributed by atoms with Crippen LogP contribution in [0.2, 0.25) is 0 Å². The van der Waals surface area contributed by atoms with Crippen LogP contribution in [0.25, 0.3) is 0 Å². The molecule has 2 N–H and O–H groups in total. The zero-order valence-corrected chi connectivity index (χ0v) is 8.93. The molecule has 2 heteroatoms. The van der Waals surface area contributed by atoms with E-state index in [0.29, 0.717) is 0 Å². The van der Waals surface area contributed by atoms with Crippen molar-refractivity contribution in [1.82, 2.24) is 0 Å². The molecule has 0 fully saturated rings. The smallest absolute Gasteiger partial charge is 0 e. The third-order valence-corrected chi connectivity index (χ3v) is 1.30. The van der Waals surface area contributed by atoms with Crippen molar-refractivity contribution in [2.24, 2.45) is 0 Å². The first-order valence-electron chi connectivity index (χ1n) is 2.88. The summed E-state index contributed by atoms with van der Waals surface area (Å²) in [5.74, 6) is 0. The average molecular weight is 209 g/mol. The Morgan fingerprint density at radius 2 is 2.00 bits per heavy atom. The summed E-state index contributed by atoms with van der Waals surface area (Å²) in [5.41, 5.74) is 8.42. The van der Waals surface area contributed by atoms with Crippen LogP contribution in [-0.2, 0) is 32.7 Å². The first-order valence-corrected chi connectivity index (χ1v) is 2.88. The van der Waals surface area contributed by atoms with Gasteiger partial charge in [0.15, 0.2) is 0 Å². The van der Waals surface area contributed by atoms with Crippen LogP contribution in [0.1, 0.15) is 11.1 Å². The van der Waals surface area contributed by atoms with Crippen LogP contribution in [0.5, 0.6) is 0 Å². The molecule has 0 bridgehead atoms. The number of nitrogens with two attached hydrogens (primary N) is 1. The number of nitrogen functional groups attached to an aromatic ring is 1. The van der Waals surface area contributed by atoms with Crippen molar-refractivity contribution in [2.75, 3.05) is 5.73 Å². The molecule has 0 saturated heterocycles. The standard InChI is InChI=1S/C8H10N.Y/c1-6-3-4-7(2)8(9)5-6;/h3-5H,2,9H2,1H3;/q-1;. The summed E-state index contributed by atoms with van der Waals surface area (Å²) in [6, 6.07) is 5.84. The van der Waals surface area contributed by atoms with Crippen molar-refractivity contribution < 1.29 is 32.7 Å². The van der Waals surface area contributed by atoms with Crippen molar-refractivity contribution >= 4 is 5.69 Å². The zero-order chi connectivity index (χ0) is 6.85. The van der Waals surface area contributed by atoms with E-state index in [1.807, 2.05) is 25.1 Å². The molecular formula is C8H10NY-. The molecule has 0 amide bonds. The second-order valence-electron chi connectivity index (χ2n) is 2.20. The average Bonchev–Trinajstić information content (AvgIpc) is 1.80. The molecule has 10 heavy (non-hydrogen) atoms. The van der Waals surface area contributed by atoms with Crippen LogP contribution < -0.4 is 5.73 Å². The molecule has 1 rings (SSSR count). The molecule has 0 aliphatic rings. The summed E-state index contributed by atoms with van der Waals surface area (Å²) < 4.78 is 0. The Labute approximate surface area is 86.9 Å². The topological polar surface area (TPSA) is 26.0 Å². The van der Waals surface area contributed by atoms with E-state index in [0.717, 1.165) is 11.3 Å². The number of anilines is 1. The van der Waals surface area contributed by atoms with Crippen LogP contribution in [0, 0.1) is 13.8 Å². The minimum absolute atomic E-state index is 0. The minimum atomic E-state index is 0. The summed E-state index contributed by atoms with van der Waals surface area (Å²) in [5, 5.41) is 0. The fourth-order valence-electron chi connectivity index (χ4n) is 0.714. The van der Waals surface area contributed by atoms with Gasteiger partial charge in [-0.1, -0.05) is 17.3 Å². The van der Waals surface area contributed by atoms with E-state index in [2.05, 4.69) is 6.92 Å². The normalized spacial score (nSPS) is 8.50. The van der Waals surface area contributed by atoms with Gasteiger partial charge in [0.1, 0.15) is 0 Å². The van der Waals surface area contributed by atoms with E-state index in [1.54, 1.807) is 0 Å². The van der Waals surface area contributed by atoms with Crippen molar-refractivity contribution in [3.63, 3.8) is 0 Å². The maximum absolute atomic E-state index is 5.56. The largest absolute Gasteiger partial charge is 0.449 e. The summed E-state index contributed by atoms with van der Waals surface area (Å²) in [4.78, 5) is 0. The Morgan fingerprint density at radius 3 is 2.40 bits per heavy atom. The molecular weight excluding hydrogens is 199 g/mol. The van der Waals surface area contributed by atoms with Gasteiger partial charge in [-0.25, -0.2) is 0 Å². The summed E-state index contributed by atoms with van der Waals surface area (Å²) in [6.45, 7) is 5.75. The molecule has 1 aromatic carbocycles. The van der Waals surface area contributed by atoms with Crippen molar-refractivity contribution in [2.45, 2.75) is 6.92 Å². The van der Waals surface area contributed by atoms with Gasteiger partial charge in [-0.15, -0.1) is 6.07 Å². The molecule has 0 heterocycles. The Balaban J connectivity index is 0.000000810. The second-order valence-corrected chi connectivity index (χ2v) is 2.20. The molecule has 51 valence electrons. The monoisotopic (exact) mass is 209 g/mol. The van der Waals surface area contributed by atoms with Crippen molar-refractivity contribution in [1.29, 1.82) is 0 Å². The zero-order valence-electron chi connectivity index (χ0n) is 6.09. The predicted molar refractivity (Wildman–Crippen MR) is 40.1 cm³/mol. The van der Waals surface area contributed by atoms with Gasteiger partial charge < -0.3 is 5.73 Å². The Bertz CT molecular complexity index is 220. The molecule has 0 atom stereocenters. The molecule has 1 nitrogen and oxygen atoms in total. The van der Waals surface area contributed by atoms with E-state index in [1.165, 1.54) is 5.56 Å². The van der Waals surface area contributed by atoms with Gasteiger partial charge in [-0.2, -0.15) is 18.6 Å². The van der Waals surface area contributed by atoms with E-state index >= 15 is 0 Å². The summed E-state index contributed by atoms with van der Waals surface area (Å²) in [7, 11) is 0. The fourth-order valence-corrected chi connectivity index (χ4v) is 0.714. The van der Waals surface area contributed by atoms with Gasteiger partial charge in [0.25, 0.3) is 0 Å². The molecule has 0 aliphatic heterocycles. The van der Waals surface area contributed by atoms with Crippen molar-refractivity contribution in [3.05, 3.63) is 36.2 Å². The maximum Gasteiger partial charge on any atom is 0 e. The summed E-state index contributed by atoms with van der Waals surface area (Å²) in [6.07, 6.45) is 0. The second kappa shape index (κ2) is 4.00. The number of aryl methyl sites for hydroxylation is 1. The Kier molecular flexibility index (Phi) is 3.99. The molecule has 0 spiro atoms. The number of hydrogen-bond donors (Lipinski definition) is 1. The van der Waals surface area contributed by atoms with E-state index in [9.17, 15) is 0 Å². The third kappa shape index (κ3) is 2.32. The quantitative estimate of drug-likeness (QED) is 0.511. The van der Waals surface area contributed by atoms with Crippen LogP contribution in [0.15, 0.2) is 18.2 Å². The van der Waals surface area contributed by atoms with Crippen LogP contribution >= 0.6 is 0 Å². The van der Waals surface area contributed by atoms with Crippen molar-refractivity contribution in [3.8, 4) is 0 Å². The Hall–Kier alpha value is -0.00610. The van der Waals surface area contributed by atoms with Gasteiger partial charge in [0, 0.05) is 32.7 Å². The maximum atomic E-state index is 5.56. The van der Waals surface area contributed by atoms with E-state index in [-0.39, 0.29) is 32.7 Å². The predicted octanol–water partition coefficient (Wildman–Crippen LogP) is 1.76. The van der Waals surface area contributed by atoms with Gasteiger partial charge in [0.2, 0.25) is 0 Å². The molecule has 1 radical (unpaired) electrons. The summed E-state index contributed by atoms with van der Waals surface area (Å²) >= 11 is 0. The van der Waals surface area contributed by atoms with Crippen LogP contribution in [0.4, 0.5) is 5.69 Å². The molecule has 0 aromatic heterocycles. The van der Waals surface area contributed by atoms with Gasteiger partial charge in [-0.3, -0.25) is 0 Å². The first-order chi connectivity index (χ1) is 4.20. The number of hydrogen-bond acceptors (Lipinski definition) is 1. The first kappa shape index (κ1) is 9.99. The van der Waals surface area contributed by atoms with E-state index < -0.39 is 0 Å². The minimum Gasteiger partial charge on any atom is -0.449 e. The molecule has 0 unspecified atom stereocenters. The van der Waals surface area contributed by atoms with Crippen LogP contribution in [0.3, 0.4) is 0 Å². The molecule has 1 aromatic rings. The van der Waals surface area contributed by atoms with Gasteiger partial charge >= 0.3 is 0 Å². The SMILES string of the molecule is [CH2-]c1ccc(C)cc1N.[Y]. The fraction of sp³-hybridized carbons (Fsp3) is 0.125. The Morgan fingerprint density at radius 1 is 1.40 bits per heavy atom. The van der Waals surface area contributed by atoms with E-state index in [4.69, 9.17) is 5.73 Å². The number of rotatable bonds is 0.